The third-order valence-electron chi connectivity index (χ3n) is 2.86. The van der Waals surface area contributed by atoms with E-state index < -0.39 is 0 Å². The number of thiophene rings is 1. The summed E-state index contributed by atoms with van der Waals surface area (Å²) in [7, 11) is 0. The quantitative estimate of drug-likeness (QED) is 0.841. The lowest BCUT2D eigenvalue weighted by atomic mass is 10.0. The van der Waals surface area contributed by atoms with Gasteiger partial charge in [-0.3, -0.25) is 0 Å². The highest BCUT2D eigenvalue weighted by molar-refractivity contribution is 7.19. The predicted octanol–water partition coefficient (Wildman–Crippen LogP) is 4.87. The number of aryl methyl sites for hydroxylation is 1. The molecule has 0 bridgehead atoms. The minimum atomic E-state index is 0.505. The molecule has 1 nitrogen and oxygen atoms in total. The van der Waals surface area contributed by atoms with Gasteiger partial charge in [0.25, 0.3) is 0 Å². The van der Waals surface area contributed by atoms with E-state index in [1.807, 2.05) is 6.07 Å². The van der Waals surface area contributed by atoms with Crippen molar-refractivity contribution in [3.8, 4) is 10.4 Å². The zero-order valence-electron chi connectivity index (χ0n) is 11.0. The van der Waals surface area contributed by atoms with E-state index in [-0.39, 0.29) is 0 Å². The van der Waals surface area contributed by atoms with Crippen molar-refractivity contribution >= 4 is 22.9 Å². The van der Waals surface area contributed by atoms with Gasteiger partial charge >= 0.3 is 0 Å². The second-order valence-electron chi connectivity index (χ2n) is 4.79. The minimum absolute atomic E-state index is 0.505. The molecule has 1 heterocycles. The van der Waals surface area contributed by atoms with Crippen molar-refractivity contribution in [3.63, 3.8) is 0 Å². The molecular formula is C15H18ClNS. The Morgan fingerprint density at radius 1 is 1.22 bits per heavy atom. The van der Waals surface area contributed by atoms with Gasteiger partial charge in [0, 0.05) is 17.5 Å². The Labute approximate surface area is 118 Å². The van der Waals surface area contributed by atoms with Gasteiger partial charge in [0.2, 0.25) is 0 Å². The van der Waals surface area contributed by atoms with Crippen LogP contribution in [0.15, 0.2) is 30.3 Å². The van der Waals surface area contributed by atoms with Crippen molar-refractivity contribution in [3.05, 3.63) is 45.8 Å². The van der Waals surface area contributed by atoms with Crippen LogP contribution in [0.5, 0.6) is 0 Å². The summed E-state index contributed by atoms with van der Waals surface area (Å²) < 4.78 is 0.843. The lowest BCUT2D eigenvalue weighted by molar-refractivity contribution is 0.589. The number of halogens is 1. The van der Waals surface area contributed by atoms with E-state index in [4.69, 9.17) is 11.6 Å². The molecule has 96 valence electrons. The van der Waals surface area contributed by atoms with Gasteiger partial charge in [0.1, 0.15) is 0 Å². The smallest absolute Gasteiger partial charge is 0.0934 e. The number of hydrogen-bond donors (Lipinski definition) is 1. The van der Waals surface area contributed by atoms with Crippen molar-refractivity contribution in [1.82, 2.24) is 5.32 Å². The summed E-state index contributed by atoms with van der Waals surface area (Å²) in [4.78, 5) is 1.24. The van der Waals surface area contributed by atoms with Gasteiger partial charge in [0.15, 0.2) is 0 Å². The number of benzene rings is 1. The molecule has 0 aliphatic heterocycles. The van der Waals surface area contributed by atoms with Crippen molar-refractivity contribution in [2.45, 2.75) is 33.4 Å². The van der Waals surface area contributed by atoms with Crippen LogP contribution in [0.3, 0.4) is 0 Å². The maximum Gasteiger partial charge on any atom is 0.0934 e. The van der Waals surface area contributed by atoms with Gasteiger partial charge < -0.3 is 5.32 Å². The van der Waals surface area contributed by atoms with E-state index in [0.29, 0.717) is 6.04 Å². The van der Waals surface area contributed by atoms with Crippen LogP contribution in [-0.2, 0) is 6.54 Å². The first-order valence-electron chi connectivity index (χ1n) is 6.15. The number of hydrogen-bond acceptors (Lipinski definition) is 2. The molecule has 2 rings (SSSR count). The van der Waals surface area contributed by atoms with Crippen LogP contribution in [0.2, 0.25) is 4.34 Å². The molecule has 0 atom stereocenters. The molecule has 0 radical (unpaired) electrons. The summed E-state index contributed by atoms with van der Waals surface area (Å²) in [5, 5.41) is 3.44. The average Bonchev–Trinajstić information content (AvgIpc) is 2.74. The van der Waals surface area contributed by atoms with E-state index >= 15 is 0 Å². The van der Waals surface area contributed by atoms with Crippen LogP contribution < -0.4 is 5.32 Å². The summed E-state index contributed by atoms with van der Waals surface area (Å²) in [6, 6.07) is 11.2. The standard InChI is InChI=1S/C15H18ClNS/c1-10(2)17-9-12-5-4-11(3)13(8-12)14-6-7-15(16)18-14/h4-8,10,17H,9H2,1-3H3. The van der Waals surface area contributed by atoms with Crippen LogP contribution in [0, 0.1) is 6.92 Å². The molecular weight excluding hydrogens is 262 g/mol. The largest absolute Gasteiger partial charge is 0.310 e. The molecule has 1 N–H and O–H groups in total. The third kappa shape index (κ3) is 3.35. The van der Waals surface area contributed by atoms with E-state index in [9.17, 15) is 0 Å². The SMILES string of the molecule is Cc1ccc(CNC(C)C)cc1-c1ccc(Cl)s1. The van der Waals surface area contributed by atoms with Crippen molar-refractivity contribution < 1.29 is 0 Å². The Kier molecular flexibility index (Phi) is 4.44. The van der Waals surface area contributed by atoms with Crippen LogP contribution >= 0.6 is 22.9 Å². The highest BCUT2D eigenvalue weighted by Gasteiger charge is 2.06. The van der Waals surface area contributed by atoms with Gasteiger partial charge in [-0.15, -0.1) is 11.3 Å². The summed E-state index contributed by atoms with van der Waals surface area (Å²) in [6.45, 7) is 7.37. The molecule has 0 unspecified atom stereocenters. The maximum atomic E-state index is 6.01. The molecule has 1 aromatic carbocycles. The van der Waals surface area contributed by atoms with E-state index in [0.717, 1.165) is 10.9 Å². The van der Waals surface area contributed by atoms with Gasteiger partial charge in [-0.25, -0.2) is 0 Å². The normalized spacial score (nSPS) is 11.2. The fourth-order valence-electron chi connectivity index (χ4n) is 1.83. The van der Waals surface area contributed by atoms with Crippen molar-refractivity contribution in [2.75, 3.05) is 0 Å². The first-order chi connectivity index (χ1) is 8.56. The lowest BCUT2D eigenvalue weighted by Gasteiger charge is -2.10. The fourth-order valence-corrected chi connectivity index (χ4v) is 2.95. The summed E-state index contributed by atoms with van der Waals surface area (Å²) >= 11 is 7.64. The molecule has 2 aromatic rings. The molecule has 0 aliphatic rings. The molecule has 18 heavy (non-hydrogen) atoms. The highest BCUT2D eigenvalue weighted by Crippen LogP contribution is 2.33. The topological polar surface area (TPSA) is 12.0 Å². The van der Waals surface area contributed by atoms with Crippen LogP contribution in [0.1, 0.15) is 25.0 Å². The van der Waals surface area contributed by atoms with E-state index in [1.54, 1.807) is 11.3 Å². The minimum Gasteiger partial charge on any atom is -0.310 e. The zero-order chi connectivity index (χ0) is 13.1. The third-order valence-corrected chi connectivity index (χ3v) is 4.12. The molecule has 1 aromatic heterocycles. The molecule has 0 saturated carbocycles. The second kappa shape index (κ2) is 5.87. The fraction of sp³-hybridized carbons (Fsp3) is 0.333. The lowest BCUT2D eigenvalue weighted by Crippen LogP contribution is -2.21. The highest BCUT2D eigenvalue weighted by atomic mass is 35.5. The molecule has 0 aliphatic carbocycles. The summed E-state index contributed by atoms with van der Waals surface area (Å²) in [6.07, 6.45) is 0. The molecule has 0 fully saturated rings. The van der Waals surface area contributed by atoms with Gasteiger partial charge in [-0.05, 0) is 41.8 Å². The Morgan fingerprint density at radius 3 is 2.61 bits per heavy atom. The summed E-state index contributed by atoms with van der Waals surface area (Å²) in [5.41, 5.74) is 3.89. The molecule has 3 heteroatoms. The van der Waals surface area contributed by atoms with Crippen LogP contribution in [-0.4, -0.2) is 6.04 Å². The Bertz CT molecular complexity index is 531. The molecule has 0 amide bonds. The van der Waals surface area contributed by atoms with E-state index in [2.05, 4.69) is 50.4 Å². The Balaban J connectivity index is 2.27. The van der Waals surface area contributed by atoms with Crippen molar-refractivity contribution in [2.24, 2.45) is 0 Å². The zero-order valence-corrected chi connectivity index (χ0v) is 12.5. The number of nitrogens with one attached hydrogen (secondary N) is 1. The van der Waals surface area contributed by atoms with Gasteiger partial charge in [-0.1, -0.05) is 37.6 Å². The Morgan fingerprint density at radius 2 is 2.00 bits per heavy atom. The molecule has 0 spiro atoms. The van der Waals surface area contributed by atoms with Gasteiger partial charge in [-0.2, -0.15) is 0 Å². The summed E-state index contributed by atoms with van der Waals surface area (Å²) in [5.74, 6) is 0. The maximum absolute atomic E-state index is 6.01. The first-order valence-corrected chi connectivity index (χ1v) is 7.34. The van der Waals surface area contributed by atoms with Gasteiger partial charge in [0.05, 0.1) is 4.34 Å². The number of rotatable bonds is 4. The predicted molar refractivity (Wildman–Crippen MR) is 81.5 cm³/mol. The van der Waals surface area contributed by atoms with Crippen molar-refractivity contribution in [1.29, 1.82) is 0 Å². The molecule has 0 saturated heterocycles. The first kappa shape index (κ1) is 13.6. The van der Waals surface area contributed by atoms with Crippen LogP contribution in [0.25, 0.3) is 10.4 Å². The monoisotopic (exact) mass is 279 g/mol. The Hall–Kier alpha value is -0.830. The van der Waals surface area contributed by atoms with Crippen LogP contribution in [0.4, 0.5) is 0 Å². The average molecular weight is 280 g/mol. The van der Waals surface area contributed by atoms with E-state index in [1.165, 1.54) is 21.6 Å². The second-order valence-corrected chi connectivity index (χ2v) is 6.50.